The fourth-order valence-electron chi connectivity index (χ4n) is 5.05. The molecule has 1 atom stereocenters. The molecule has 0 spiro atoms. The van der Waals surface area contributed by atoms with E-state index in [1.54, 1.807) is 37.3 Å². The maximum Gasteiger partial charge on any atom is 0.416 e. The molecule has 1 aliphatic heterocycles. The normalized spacial score (nSPS) is 15.6. The van der Waals surface area contributed by atoms with Gasteiger partial charge in [0.15, 0.2) is 5.82 Å². The number of aryl methyl sites for hydroxylation is 1. The number of rotatable bonds is 7. The van der Waals surface area contributed by atoms with E-state index in [9.17, 15) is 40.7 Å². The number of piperazine rings is 1. The van der Waals surface area contributed by atoms with Crippen molar-refractivity contribution in [3.8, 4) is 11.4 Å². The van der Waals surface area contributed by atoms with Crippen molar-refractivity contribution < 1.29 is 45.5 Å². The van der Waals surface area contributed by atoms with E-state index in [-0.39, 0.29) is 49.4 Å². The SMILES string of the molecule is CCCc1nc(-c2ccccc2)nc(C(=O)N2CCN(C(=O)c3cc(C(F)(F)F)cc(C(F)(F)F)c3)C(C)C2)c1C(=O)OCC. The van der Waals surface area contributed by atoms with Gasteiger partial charge in [0, 0.05) is 36.8 Å². The zero-order valence-electron chi connectivity index (χ0n) is 24.6. The highest BCUT2D eigenvalue weighted by Gasteiger charge is 2.39. The van der Waals surface area contributed by atoms with Crippen LogP contribution < -0.4 is 0 Å². The van der Waals surface area contributed by atoms with Crippen molar-refractivity contribution in [1.82, 2.24) is 19.8 Å². The van der Waals surface area contributed by atoms with Gasteiger partial charge in [0.05, 0.1) is 23.4 Å². The second-order valence-corrected chi connectivity index (χ2v) is 10.4. The Bertz CT molecular complexity index is 1540. The van der Waals surface area contributed by atoms with Gasteiger partial charge in [0.2, 0.25) is 0 Å². The molecular weight excluding hydrogens is 606 g/mol. The zero-order valence-corrected chi connectivity index (χ0v) is 24.6. The molecule has 4 rings (SSSR count). The summed E-state index contributed by atoms with van der Waals surface area (Å²) in [5.74, 6) is -2.28. The third-order valence-electron chi connectivity index (χ3n) is 7.20. The molecule has 2 heterocycles. The highest BCUT2D eigenvalue weighted by molar-refractivity contribution is 6.05. The van der Waals surface area contributed by atoms with E-state index in [0.717, 1.165) is 4.90 Å². The monoisotopic (exact) mass is 636 g/mol. The number of hydrogen-bond acceptors (Lipinski definition) is 6. The van der Waals surface area contributed by atoms with Crippen LogP contribution in [0.15, 0.2) is 48.5 Å². The number of alkyl halides is 6. The number of nitrogens with zero attached hydrogens (tertiary/aromatic N) is 4. The summed E-state index contributed by atoms with van der Waals surface area (Å²) in [5.41, 5.74) is -3.35. The number of aromatic nitrogens is 2. The summed E-state index contributed by atoms with van der Waals surface area (Å²) in [6.07, 6.45) is -9.30. The summed E-state index contributed by atoms with van der Waals surface area (Å²) < 4.78 is 85.6. The van der Waals surface area contributed by atoms with Crippen molar-refractivity contribution in [3.05, 3.63) is 82.2 Å². The minimum Gasteiger partial charge on any atom is -0.462 e. The van der Waals surface area contributed by atoms with E-state index in [1.165, 1.54) is 11.8 Å². The van der Waals surface area contributed by atoms with Crippen LogP contribution in [-0.4, -0.2) is 69.8 Å². The summed E-state index contributed by atoms with van der Waals surface area (Å²) in [6.45, 7) is 4.57. The number of carbonyl (C=O) groups is 3. The first-order chi connectivity index (χ1) is 21.1. The van der Waals surface area contributed by atoms with Crippen LogP contribution in [0.25, 0.3) is 11.4 Å². The third kappa shape index (κ3) is 7.43. The van der Waals surface area contributed by atoms with E-state index in [0.29, 0.717) is 36.2 Å². The number of carbonyl (C=O) groups excluding carboxylic acids is 3. The van der Waals surface area contributed by atoms with E-state index < -0.39 is 52.9 Å². The van der Waals surface area contributed by atoms with Crippen molar-refractivity contribution in [2.24, 2.45) is 0 Å². The van der Waals surface area contributed by atoms with E-state index in [1.807, 2.05) is 6.92 Å². The average molecular weight is 637 g/mol. The van der Waals surface area contributed by atoms with Crippen LogP contribution in [0, 0.1) is 0 Å². The second-order valence-electron chi connectivity index (χ2n) is 10.4. The minimum atomic E-state index is -5.11. The first kappa shape index (κ1) is 33.4. The number of hydrogen-bond donors (Lipinski definition) is 0. The molecule has 0 N–H and O–H groups in total. The van der Waals surface area contributed by atoms with E-state index in [4.69, 9.17) is 4.74 Å². The Morgan fingerprint density at radius 1 is 0.889 bits per heavy atom. The lowest BCUT2D eigenvalue weighted by Gasteiger charge is -2.40. The lowest BCUT2D eigenvalue weighted by atomic mass is 10.0. The molecule has 1 aliphatic rings. The lowest BCUT2D eigenvalue weighted by molar-refractivity contribution is -0.143. The van der Waals surface area contributed by atoms with Gasteiger partial charge in [-0.05, 0) is 38.5 Å². The minimum absolute atomic E-state index is 0.0296. The van der Waals surface area contributed by atoms with Gasteiger partial charge in [-0.3, -0.25) is 9.59 Å². The third-order valence-corrected chi connectivity index (χ3v) is 7.20. The van der Waals surface area contributed by atoms with Crippen LogP contribution in [0.4, 0.5) is 26.3 Å². The predicted molar refractivity (Wildman–Crippen MR) is 150 cm³/mol. The van der Waals surface area contributed by atoms with Crippen molar-refractivity contribution in [3.63, 3.8) is 0 Å². The molecule has 0 radical (unpaired) electrons. The summed E-state index contributed by atoms with van der Waals surface area (Å²) in [6, 6.07) is 8.72. The van der Waals surface area contributed by atoms with Crippen LogP contribution in [-0.2, 0) is 23.5 Å². The fraction of sp³-hybridized carbons (Fsp3) is 0.387. The van der Waals surface area contributed by atoms with Gasteiger partial charge in [-0.2, -0.15) is 26.3 Å². The largest absolute Gasteiger partial charge is 0.462 e. The Kier molecular flexibility index (Phi) is 9.83. The Morgan fingerprint density at radius 3 is 2.04 bits per heavy atom. The average Bonchev–Trinajstić information content (AvgIpc) is 2.99. The Hall–Kier alpha value is -4.49. The molecule has 8 nitrogen and oxygen atoms in total. The highest BCUT2D eigenvalue weighted by atomic mass is 19.4. The van der Waals surface area contributed by atoms with Gasteiger partial charge in [-0.1, -0.05) is 43.7 Å². The summed E-state index contributed by atoms with van der Waals surface area (Å²) >= 11 is 0. The fourth-order valence-corrected chi connectivity index (χ4v) is 5.05. The first-order valence-electron chi connectivity index (χ1n) is 14.2. The molecule has 2 amide bonds. The van der Waals surface area contributed by atoms with Gasteiger partial charge in [0.25, 0.3) is 11.8 Å². The van der Waals surface area contributed by atoms with Crippen molar-refractivity contribution in [2.45, 2.75) is 52.0 Å². The lowest BCUT2D eigenvalue weighted by Crippen LogP contribution is -2.55. The number of benzene rings is 2. The maximum atomic E-state index is 13.9. The van der Waals surface area contributed by atoms with Gasteiger partial charge in [-0.25, -0.2) is 14.8 Å². The molecule has 240 valence electrons. The molecule has 45 heavy (non-hydrogen) atoms. The van der Waals surface area contributed by atoms with Crippen LogP contribution in [0.1, 0.15) is 75.2 Å². The zero-order chi connectivity index (χ0) is 33.1. The summed E-state index contributed by atoms with van der Waals surface area (Å²) in [7, 11) is 0. The van der Waals surface area contributed by atoms with Gasteiger partial charge in [-0.15, -0.1) is 0 Å². The van der Waals surface area contributed by atoms with Crippen molar-refractivity contribution in [2.75, 3.05) is 26.2 Å². The number of halogens is 6. The number of ether oxygens (including phenoxy) is 1. The predicted octanol–water partition coefficient (Wildman–Crippen LogP) is 6.30. The molecule has 0 saturated carbocycles. The Balaban J connectivity index is 1.67. The van der Waals surface area contributed by atoms with Crippen LogP contribution in [0.3, 0.4) is 0 Å². The number of amides is 2. The molecule has 14 heteroatoms. The summed E-state index contributed by atoms with van der Waals surface area (Å²) in [4.78, 5) is 51.7. The molecule has 1 aromatic heterocycles. The molecule has 3 aromatic rings. The van der Waals surface area contributed by atoms with Gasteiger partial charge < -0.3 is 14.5 Å². The molecule has 1 fully saturated rings. The highest BCUT2D eigenvalue weighted by Crippen LogP contribution is 2.37. The first-order valence-corrected chi connectivity index (χ1v) is 14.2. The molecule has 1 saturated heterocycles. The molecule has 0 aliphatic carbocycles. The van der Waals surface area contributed by atoms with Crippen LogP contribution in [0.5, 0.6) is 0 Å². The standard InChI is InChI=1S/C31H30F6N4O4/c1-4-9-23-24(29(44)45-5-2)25(39-26(38-23)19-10-7-6-8-11-19)28(43)40-12-13-41(18(3)17-40)27(42)20-14-21(30(32,33)34)16-22(15-20)31(35,36)37/h6-8,10-11,14-16,18H,4-5,9,12-13,17H2,1-3H3. The molecule has 2 aromatic carbocycles. The summed E-state index contributed by atoms with van der Waals surface area (Å²) in [5, 5.41) is 0. The topological polar surface area (TPSA) is 92.7 Å². The van der Waals surface area contributed by atoms with E-state index in [2.05, 4.69) is 9.97 Å². The quantitative estimate of drug-likeness (QED) is 0.224. The van der Waals surface area contributed by atoms with Gasteiger partial charge >= 0.3 is 18.3 Å². The van der Waals surface area contributed by atoms with Crippen molar-refractivity contribution in [1.29, 1.82) is 0 Å². The van der Waals surface area contributed by atoms with Crippen LogP contribution >= 0.6 is 0 Å². The van der Waals surface area contributed by atoms with Crippen molar-refractivity contribution >= 4 is 17.8 Å². The molecule has 1 unspecified atom stereocenters. The van der Waals surface area contributed by atoms with E-state index >= 15 is 0 Å². The Labute approximate surface area is 255 Å². The van der Waals surface area contributed by atoms with Crippen LogP contribution in [0.2, 0.25) is 0 Å². The molecule has 0 bridgehead atoms. The Morgan fingerprint density at radius 2 is 1.51 bits per heavy atom. The van der Waals surface area contributed by atoms with Gasteiger partial charge in [0.1, 0.15) is 11.3 Å². The smallest absolute Gasteiger partial charge is 0.416 e. The number of esters is 1. The molecular formula is C31H30F6N4O4. The second kappa shape index (κ2) is 13.2. The maximum absolute atomic E-state index is 13.9.